The van der Waals surface area contributed by atoms with E-state index in [1.807, 2.05) is 28.7 Å². The maximum absolute atomic E-state index is 6.15. The van der Waals surface area contributed by atoms with Crippen LogP contribution >= 0.6 is 0 Å². The van der Waals surface area contributed by atoms with E-state index in [1.54, 1.807) is 18.0 Å². The van der Waals surface area contributed by atoms with Gasteiger partial charge in [-0.2, -0.15) is 4.52 Å². The summed E-state index contributed by atoms with van der Waals surface area (Å²) in [5.74, 6) is 2.39. The van der Waals surface area contributed by atoms with Crippen LogP contribution < -0.4 is 10.5 Å². The molecule has 9 heteroatoms. The second-order valence-corrected chi connectivity index (χ2v) is 7.04. The molecule has 5 aromatic rings. The van der Waals surface area contributed by atoms with Crippen LogP contribution in [0.4, 0.5) is 5.95 Å². The number of hydrogen-bond acceptors (Lipinski definition) is 7. The van der Waals surface area contributed by atoms with E-state index in [4.69, 9.17) is 15.5 Å². The molecule has 6 rings (SSSR count). The van der Waals surface area contributed by atoms with E-state index in [0.29, 0.717) is 28.8 Å². The van der Waals surface area contributed by atoms with Crippen LogP contribution in [0.3, 0.4) is 0 Å². The molecule has 0 amide bonds. The summed E-state index contributed by atoms with van der Waals surface area (Å²) in [7, 11) is 1.62. The van der Waals surface area contributed by atoms with Crippen molar-refractivity contribution in [3.8, 4) is 5.75 Å². The first-order chi connectivity index (χ1) is 13.7. The minimum atomic E-state index is 0.258. The number of rotatable bonds is 3. The van der Waals surface area contributed by atoms with Crippen LogP contribution in [0.25, 0.3) is 22.2 Å². The molecule has 1 saturated carbocycles. The molecule has 1 aliphatic rings. The average Bonchev–Trinajstić information content (AvgIpc) is 3.16. The number of nitrogens with two attached hydrogens (primary N) is 1. The van der Waals surface area contributed by atoms with Crippen molar-refractivity contribution in [2.45, 2.75) is 18.3 Å². The van der Waals surface area contributed by atoms with Crippen molar-refractivity contribution in [1.82, 2.24) is 34.2 Å². The predicted molar refractivity (Wildman–Crippen MR) is 102 cm³/mol. The van der Waals surface area contributed by atoms with Gasteiger partial charge in [0.25, 0.3) is 0 Å². The Bertz CT molecular complexity index is 1370. The third-order valence-corrected chi connectivity index (χ3v) is 5.39. The average molecular weight is 372 g/mol. The van der Waals surface area contributed by atoms with Gasteiger partial charge >= 0.3 is 0 Å². The number of fused-ring (bicyclic) bond motifs is 4. The van der Waals surface area contributed by atoms with Crippen LogP contribution in [-0.2, 0) is 0 Å². The molecule has 4 heterocycles. The molecule has 2 N–H and O–H groups in total. The Labute approximate surface area is 158 Å². The highest BCUT2D eigenvalue weighted by Gasteiger charge is 2.43. The van der Waals surface area contributed by atoms with E-state index in [2.05, 4.69) is 32.5 Å². The number of anilines is 1. The number of nitrogen functional groups attached to an aromatic ring is 1. The molecule has 0 bridgehead atoms. The number of hydrogen-bond donors (Lipinski definition) is 1. The number of ether oxygens (including phenoxy) is 1. The zero-order valence-electron chi connectivity index (χ0n) is 15.0. The summed E-state index contributed by atoms with van der Waals surface area (Å²) in [6.45, 7) is 0. The fourth-order valence-corrected chi connectivity index (χ4v) is 3.88. The lowest BCUT2D eigenvalue weighted by molar-refractivity contribution is 0.419. The lowest BCUT2D eigenvalue weighted by Gasteiger charge is -2.06. The van der Waals surface area contributed by atoms with Crippen LogP contribution in [0.5, 0.6) is 5.75 Å². The molecule has 2 atom stereocenters. The first-order valence-electron chi connectivity index (χ1n) is 9.01. The Hall–Kier alpha value is -3.75. The first-order valence-corrected chi connectivity index (χ1v) is 9.01. The van der Waals surface area contributed by atoms with Crippen molar-refractivity contribution < 1.29 is 4.74 Å². The monoisotopic (exact) mass is 372 g/mol. The van der Waals surface area contributed by atoms with Gasteiger partial charge in [-0.1, -0.05) is 12.1 Å². The number of nitrogens with zero attached hydrogens (tertiary/aromatic N) is 7. The minimum Gasteiger partial charge on any atom is -0.494 e. The fourth-order valence-electron chi connectivity index (χ4n) is 3.88. The highest BCUT2D eigenvalue weighted by atomic mass is 16.5. The summed E-state index contributed by atoms with van der Waals surface area (Å²) in [6.07, 6.45) is 4.79. The molecule has 2 unspecified atom stereocenters. The van der Waals surface area contributed by atoms with Gasteiger partial charge in [-0.05, 0) is 36.1 Å². The van der Waals surface area contributed by atoms with Crippen LogP contribution in [-0.4, -0.2) is 41.3 Å². The Morgan fingerprint density at radius 3 is 2.96 bits per heavy atom. The smallest absolute Gasteiger partial charge is 0.223 e. The zero-order chi connectivity index (χ0) is 18.8. The van der Waals surface area contributed by atoms with Gasteiger partial charge in [0.2, 0.25) is 5.95 Å². The lowest BCUT2D eigenvalue weighted by atomic mass is 10.1. The van der Waals surface area contributed by atoms with Gasteiger partial charge in [-0.15, -0.1) is 15.3 Å². The third kappa shape index (κ3) is 2.10. The molecule has 138 valence electrons. The van der Waals surface area contributed by atoms with Crippen LogP contribution in [0.1, 0.15) is 29.6 Å². The molecular formula is C19H16N8O. The van der Waals surface area contributed by atoms with Crippen molar-refractivity contribution >= 4 is 28.1 Å². The Morgan fingerprint density at radius 1 is 1.14 bits per heavy atom. The van der Waals surface area contributed by atoms with Crippen molar-refractivity contribution in [1.29, 1.82) is 0 Å². The summed E-state index contributed by atoms with van der Waals surface area (Å²) in [6, 6.07) is 9.82. The standard InChI is InChI=1S/C19H16N8O/c1-28-14-4-2-3-11-16(14)22-19(20)27-18(11)23-17(25-27)13-7-12(13)10-5-6-15-24-21-9-26(15)8-10/h2-6,8-9,12-13H,7H2,1H3,(H2,20,22). The van der Waals surface area contributed by atoms with Gasteiger partial charge < -0.3 is 10.5 Å². The first kappa shape index (κ1) is 15.3. The predicted octanol–water partition coefficient (Wildman–Crippen LogP) is 2.18. The molecule has 1 aromatic carbocycles. The number of benzene rings is 1. The topological polar surface area (TPSA) is 109 Å². The number of aromatic nitrogens is 7. The number of methoxy groups -OCH3 is 1. The Kier molecular flexibility index (Phi) is 2.94. The van der Waals surface area contributed by atoms with E-state index < -0.39 is 0 Å². The van der Waals surface area contributed by atoms with Crippen molar-refractivity contribution in [3.63, 3.8) is 0 Å². The third-order valence-electron chi connectivity index (χ3n) is 5.39. The van der Waals surface area contributed by atoms with Crippen LogP contribution in [0, 0.1) is 0 Å². The summed E-state index contributed by atoms with van der Waals surface area (Å²) < 4.78 is 8.97. The van der Waals surface area contributed by atoms with Gasteiger partial charge in [0, 0.05) is 17.5 Å². The second-order valence-electron chi connectivity index (χ2n) is 7.04. The maximum Gasteiger partial charge on any atom is 0.223 e. The lowest BCUT2D eigenvalue weighted by Crippen LogP contribution is -2.03. The van der Waals surface area contributed by atoms with E-state index in [9.17, 15) is 0 Å². The molecule has 0 radical (unpaired) electrons. The highest BCUT2D eigenvalue weighted by Crippen LogP contribution is 2.53. The van der Waals surface area contributed by atoms with E-state index in [0.717, 1.165) is 23.3 Å². The number of pyridine rings is 1. The largest absolute Gasteiger partial charge is 0.494 e. The van der Waals surface area contributed by atoms with Crippen molar-refractivity contribution in [2.75, 3.05) is 12.8 Å². The molecule has 0 aliphatic heterocycles. The minimum absolute atomic E-state index is 0.258. The van der Waals surface area contributed by atoms with Crippen LogP contribution in [0.15, 0.2) is 42.9 Å². The van der Waals surface area contributed by atoms with Crippen molar-refractivity contribution in [2.24, 2.45) is 0 Å². The summed E-state index contributed by atoms with van der Waals surface area (Å²) >= 11 is 0. The number of para-hydroxylation sites is 1. The highest BCUT2D eigenvalue weighted by molar-refractivity contribution is 5.95. The Balaban J connectivity index is 1.43. The maximum atomic E-state index is 6.15. The van der Waals surface area contributed by atoms with E-state index >= 15 is 0 Å². The quantitative estimate of drug-likeness (QED) is 0.517. The van der Waals surface area contributed by atoms with Crippen LogP contribution in [0.2, 0.25) is 0 Å². The summed E-state index contributed by atoms with van der Waals surface area (Å²) in [5.41, 5.74) is 9.62. The normalized spacial score (nSPS) is 18.9. The molecule has 1 fully saturated rings. The molecular weight excluding hydrogens is 356 g/mol. The molecule has 0 spiro atoms. The second kappa shape index (κ2) is 5.38. The molecule has 4 aromatic heterocycles. The van der Waals surface area contributed by atoms with Gasteiger partial charge in [-0.25, -0.2) is 9.97 Å². The van der Waals surface area contributed by atoms with E-state index in [-0.39, 0.29) is 5.92 Å². The zero-order valence-corrected chi connectivity index (χ0v) is 15.0. The molecule has 1 aliphatic carbocycles. The summed E-state index contributed by atoms with van der Waals surface area (Å²) in [5, 5.41) is 13.5. The SMILES string of the molecule is COc1cccc2c1nc(N)n1nc(C3CC3c3ccc4nncn4c3)nc21. The fraction of sp³-hybridized carbons (Fsp3) is 0.211. The molecule has 9 nitrogen and oxygen atoms in total. The van der Waals surface area contributed by atoms with E-state index in [1.165, 1.54) is 5.56 Å². The van der Waals surface area contributed by atoms with Gasteiger partial charge in [0.05, 0.1) is 7.11 Å². The van der Waals surface area contributed by atoms with Gasteiger partial charge in [0.15, 0.2) is 17.1 Å². The molecule has 0 saturated heterocycles. The van der Waals surface area contributed by atoms with Gasteiger partial charge in [0.1, 0.15) is 17.6 Å². The van der Waals surface area contributed by atoms with Gasteiger partial charge in [-0.3, -0.25) is 4.40 Å². The Morgan fingerprint density at radius 2 is 2.07 bits per heavy atom. The summed E-state index contributed by atoms with van der Waals surface area (Å²) in [4.78, 5) is 9.28. The van der Waals surface area contributed by atoms with Crippen molar-refractivity contribution in [3.05, 3.63) is 54.2 Å². The molecule has 28 heavy (non-hydrogen) atoms.